The van der Waals surface area contributed by atoms with Crippen molar-refractivity contribution in [2.24, 2.45) is 5.10 Å². The number of benzene rings is 2. The van der Waals surface area contributed by atoms with Gasteiger partial charge < -0.3 is 14.8 Å². The van der Waals surface area contributed by atoms with Gasteiger partial charge in [-0.3, -0.25) is 9.59 Å². The number of hydrogen-bond acceptors (Lipinski definition) is 6. The lowest BCUT2D eigenvalue weighted by atomic mass is 10.1. The van der Waals surface area contributed by atoms with Gasteiger partial charge in [-0.1, -0.05) is 23.2 Å². The normalized spacial score (nSPS) is 10.7. The first-order chi connectivity index (χ1) is 15.8. The molecule has 2 aromatic carbocycles. The number of hydrogen-bond donors (Lipinski definition) is 2. The number of carbonyl (C=O) groups excluding carboxylic acids is 2. The van der Waals surface area contributed by atoms with Crippen molar-refractivity contribution < 1.29 is 19.1 Å². The van der Waals surface area contributed by atoms with Gasteiger partial charge in [-0.05, 0) is 55.0 Å². The third kappa shape index (κ3) is 5.79. The summed E-state index contributed by atoms with van der Waals surface area (Å²) in [5, 5.41) is 7.09. The first-order valence-corrected chi connectivity index (χ1v) is 10.4. The van der Waals surface area contributed by atoms with E-state index in [0.717, 1.165) is 0 Å². The van der Waals surface area contributed by atoms with Gasteiger partial charge in [-0.2, -0.15) is 5.10 Å². The monoisotopic (exact) mass is 486 g/mol. The number of ether oxygens (including phenoxy) is 2. The molecule has 0 aliphatic heterocycles. The molecule has 0 spiro atoms. The molecule has 0 aliphatic rings. The van der Waals surface area contributed by atoms with Gasteiger partial charge in [-0.15, -0.1) is 0 Å². The van der Waals surface area contributed by atoms with Crippen molar-refractivity contribution in [2.45, 2.75) is 6.92 Å². The minimum absolute atomic E-state index is 0.0458. The molecular formula is C23H20Cl2N4O4. The van der Waals surface area contributed by atoms with Crippen molar-refractivity contribution in [1.29, 1.82) is 0 Å². The molecule has 1 heterocycles. The van der Waals surface area contributed by atoms with Gasteiger partial charge in [0, 0.05) is 16.8 Å². The summed E-state index contributed by atoms with van der Waals surface area (Å²) >= 11 is 12.2. The molecule has 3 rings (SSSR count). The Morgan fingerprint density at radius 3 is 2.52 bits per heavy atom. The van der Waals surface area contributed by atoms with E-state index >= 15 is 0 Å². The van der Waals surface area contributed by atoms with E-state index in [1.165, 1.54) is 31.7 Å². The van der Waals surface area contributed by atoms with Crippen LogP contribution in [0.15, 0.2) is 53.8 Å². The molecule has 0 saturated carbocycles. The van der Waals surface area contributed by atoms with Gasteiger partial charge in [0.1, 0.15) is 16.7 Å². The molecule has 2 N–H and O–H groups in total. The summed E-state index contributed by atoms with van der Waals surface area (Å²) in [4.78, 5) is 29.5. The number of rotatable bonds is 7. The van der Waals surface area contributed by atoms with Gasteiger partial charge in [0.05, 0.1) is 37.2 Å². The first kappa shape index (κ1) is 24.0. The highest BCUT2D eigenvalue weighted by molar-refractivity contribution is 6.33. The van der Waals surface area contributed by atoms with E-state index in [1.807, 2.05) is 0 Å². The fourth-order valence-electron chi connectivity index (χ4n) is 2.99. The predicted molar refractivity (Wildman–Crippen MR) is 128 cm³/mol. The quantitative estimate of drug-likeness (QED) is 0.285. The number of aromatic nitrogens is 1. The minimum Gasteiger partial charge on any atom is -0.497 e. The second-order valence-electron chi connectivity index (χ2n) is 6.75. The predicted octanol–water partition coefficient (Wildman–Crippen LogP) is 4.73. The highest BCUT2D eigenvalue weighted by Crippen LogP contribution is 2.27. The molecule has 0 unspecified atom stereocenters. The Bertz CT molecular complexity index is 1230. The van der Waals surface area contributed by atoms with Crippen LogP contribution in [0.25, 0.3) is 0 Å². The number of pyridine rings is 1. The number of nitrogens with zero attached hydrogens (tertiary/aromatic N) is 2. The van der Waals surface area contributed by atoms with Crippen LogP contribution in [0.1, 0.15) is 31.8 Å². The molecule has 170 valence electrons. The lowest BCUT2D eigenvalue weighted by molar-refractivity contribution is 0.0956. The van der Waals surface area contributed by atoms with Crippen LogP contribution in [-0.2, 0) is 0 Å². The molecule has 0 fully saturated rings. The maximum Gasteiger partial charge on any atom is 0.273 e. The van der Waals surface area contributed by atoms with Gasteiger partial charge in [0.25, 0.3) is 11.8 Å². The topological polar surface area (TPSA) is 102 Å². The van der Waals surface area contributed by atoms with E-state index in [0.29, 0.717) is 27.6 Å². The average Bonchev–Trinajstić information content (AvgIpc) is 2.80. The molecule has 10 heteroatoms. The Morgan fingerprint density at radius 1 is 1.03 bits per heavy atom. The highest BCUT2D eigenvalue weighted by atomic mass is 35.5. The second kappa shape index (κ2) is 10.8. The SMILES string of the molecule is COc1ccc(OC)c(/C=N\NC(=O)c2cc(Cl)cc(C)c2NC(=O)c2cccnc2Cl)c1. The Hall–Kier alpha value is -3.62. The number of anilines is 1. The van der Waals surface area contributed by atoms with Crippen LogP contribution in [0.3, 0.4) is 0 Å². The lowest BCUT2D eigenvalue weighted by Gasteiger charge is -2.14. The number of methoxy groups -OCH3 is 2. The van der Waals surface area contributed by atoms with Crippen LogP contribution >= 0.6 is 23.2 Å². The second-order valence-corrected chi connectivity index (χ2v) is 7.54. The van der Waals surface area contributed by atoms with Gasteiger partial charge in [0.15, 0.2) is 0 Å². The van der Waals surface area contributed by atoms with E-state index in [9.17, 15) is 9.59 Å². The van der Waals surface area contributed by atoms with Crippen molar-refractivity contribution >= 4 is 46.9 Å². The summed E-state index contributed by atoms with van der Waals surface area (Å²) in [5.41, 5.74) is 4.19. The number of nitrogens with one attached hydrogen (secondary N) is 2. The molecule has 0 radical (unpaired) electrons. The van der Waals surface area contributed by atoms with Crippen LogP contribution in [-0.4, -0.2) is 37.2 Å². The Labute approximate surface area is 200 Å². The molecule has 0 aliphatic carbocycles. The summed E-state index contributed by atoms with van der Waals surface area (Å²) in [7, 11) is 3.07. The smallest absolute Gasteiger partial charge is 0.273 e. The molecule has 0 saturated heterocycles. The molecule has 0 bridgehead atoms. The van der Waals surface area contributed by atoms with E-state index in [-0.39, 0.29) is 22.0 Å². The zero-order chi connectivity index (χ0) is 24.0. The summed E-state index contributed by atoms with van der Waals surface area (Å²) in [6.45, 7) is 1.72. The molecule has 33 heavy (non-hydrogen) atoms. The third-order valence-electron chi connectivity index (χ3n) is 4.59. The summed E-state index contributed by atoms with van der Waals surface area (Å²) in [5.74, 6) is 0.0605. The number of halogens is 2. The van der Waals surface area contributed by atoms with Crippen molar-refractivity contribution in [3.8, 4) is 11.5 Å². The fraction of sp³-hybridized carbons (Fsp3) is 0.130. The van der Waals surface area contributed by atoms with Gasteiger partial charge in [0.2, 0.25) is 0 Å². The fourth-order valence-corrected chi connectivity index (χ4v) is 3.46. The standard InChI is InChI=1S/C23H20Cl2N4O4/c1-13-9-15(24)11-18(20(13)28-22(30)17-5-4-8-26-21(17)25)23(31)29-27-12-14-10-16(32-2)6-7-19(14)33-3/h4-12H,1-3H3,(H,28,30)(H,29,31)/b27-12-. The van der Waals surface area contributed by atoms with E-state index in [1.54, 1.807) is 44.4 Å². The maximum absolute atomic E-state index is 12.9. The lowest BCUT2D eigenvalue weighted by Crippen LogP contribution is -2.22. The third-order valence-corrected chi connectivity index (χ3v) is 5.11. The van der Waals surface area contributed by atoms with E-state index in [2.05, 4.69) is 20.8 Å². The van der Waals surface area contributed by atoms with Crippen LogP contribution in [0.2, 0.25) is 10.2 Å². The molecule has 2 amide bonds. The maximum atomic E-state index is 12.9. The first-order valence-electron chi connectivity index (χ1n) is 9.61. The van der Waals surface area contributed by atoms with Crippen LogP contribution in [0.4, 0.5) is 5.69 Å². The van der Waals surface area contributed by atoms with Crippen LogP contribution in [0.5, 0.6) is 11.5 Å². The van der Waals surface area contributed by atoms with Crippen molar-refractivity contribution in [1.82, 2.24) is 10.4 Å². The Morgan fingerprint density at radius 2 is 1.82 bits per heavy atom. The van der Waals surface area contributed by atoms with Crippen molar-refractivity contribution in [3.05, 3.63) is 81.1 Å². The molecule has 3 aromatic rings. The molecule has 0 atom stereocenters. The minimum atomic E-state index is -0.578. The average molecular weight is 487 g/mol. The molecule has 1 aromatic heterocycles. The molecular weight excluding hydrogens is 467 g/mol. The Kier molecular flexibility index (Phi) is 7.87. The van der Waals surface area contributed by atoms with E-state index in [4.69, 9.17) is 32.7 Å². The van der Waals surface area contributed by atoms with E-state index < -0.39 is 11.8 Å². The zero-order valence-corrected chi connectivity index (χ0v) is 19.5. The largest absolute Gasteiger partial charge is 0.497 e. The van der Waals surface area contributed by atoms with Crippen molar-refractivity contribution in [3.63, 3.8) is 0 Å². The zero-order valence-electron chi connectivity index (χ0n) is 18.0. The summed E-state index contributed by atoms with van der Waals surface area (Å²) < 4.78 is 10.5. The van der Waals surface area contributed by atoms with Crippen molar-refractivity contribution in [2.75, 3.05) is 19.5 Å². The molecule has 8 nitrogen and oxygen atoms in total. The summed E-state index contributed by atoms with van der Waals surface area (Å²) in [6.07, 6.45) is 2.89. The number of hydrazone groups is 1. The van der Waals surface area contributed by atoms with Gasteiger partial charge in [-0.25, -0.2) is 10.4 Å². The highest BCUT2D eigenvalue weighted by Gasteiger charge is 2.19. The number of aryl methyl sites for hydroxylation is 1. The Balaban J connectivity index is 1.86. The van der Waals surface area contributed by atoms with Crippen LogP contribution < -0.4 is 20.2 Å². The van der Waals surface area contributed by atoms with Crippen LogP contribution in [0, 0.1) is 6.92 Å². The van der Waals surface area contributed by atoms with Gasteiger partial charge >= 0.3 is 0 Å². The summed E-state index contributed by atoms with van der Waals surface area (Å²) in [6, 6.07) is 11.4. The number of carbonyl (C=O) groups is 2. The number of amides is 2.